The summed E-state index contributed by atoms with van der Waals surface area (Å²) in [6, 6.07) is 11.9. The van der Waals surface area contributed by atoms with Crippen LogP contribution in [0.2, 0.25) is 5.02 Å². The van der Waals surface area contributed by atoms with Crippen molar-refractivity contribution in [3.8, 4) is 11.5 Å². The molecule has 8 nitrogen and oxygen atoms in total. The molecule has 0 fully saturated rings. The van der Waals surface area contributed by atoms with E-state index < -0.39 is 12.0 Å². The minimum absolute atomic E-state index is 0.351. The standard InChI is InChI=1S/C21H19ClN4O4/c1-28-15-6-4-5-14(19(15)29-2)18-16(20(27)30-3)17(12-7-9-13(22)10-8-12)25-21-23-11-24-26(18)21/h4-11,18H,1-3H3,(H,23,24,25)/t18-/m0/s1. The molecule has 154 valence electrons. The summed E-state index contributed by atoms with van der Waals surface area (Å²) < 4.78 is 17.8. The molecule has 30 heavy (non-hydrogen) atoms. The highest BCUT2D eigenvalue weighted by Crippen LogP contribution is 2.44. The Morgan fingerprint density at radius 3 is 2.53 bits per heavy atom. The van der Waals surface area contributed by atoms with Crippen LogP contribution < -0.4 is 14.8 Å². The van der Waals surface area contributed by atoms with Crippen LogP contribution in [0, 0.1) is 0 Å². The monoisotopic (exact) mass is 426 g/mol. The van der Waals surface area contributed by atoms with Gasteiger partial charge in [0.05, 0.1) is 32.6 Å². The number of aromatic nitrogens is 3. The molecule has 0 unspecified atom stereocenters. The fourth-order valence-corrected chi connectivity index (χ4v) is 3.68. The molecular weight excluding hydrogens is 408 g/mol. The molecule has 0 saturated carbocycles. The van der Waals surface area contributed by atoms with Crippen LogP contribution in [0.3, 0.4) is 0 Å². The van der Waals surface area contributed by atoms with Crippen LogP contribution in [0.1, 0.15) is 17.2 Å². The number of esters is 1. The van der Waals surface area contributed by atoms with Crippen molar-refractivity contribution in [3.63, 3.8) is 0 Å². The smallest absolute Gasteiger partial charge is 0.338 e. The van der Waals surface area contributed by atoms with Gasteiger partial charge in [0.25, 0.3) is 0 Å². The molecule has 9 heteroatoms. The van der Waals surface area contributed by atoms with Crippen molar-refractivity contribution in [1.29, 1.82) is 0 Å². The Balaban J connectivity index is 2.02. The molecule has 1 aliphatic heterocycles. The van der Waals surface area contributed by atoms with Crippen molar-refractivity contribution < 1.29 is 19.0 Å². The lowest BCUT2D eigenvalue weighted by atomic mass is 9.92. The maximum atomic E-state index is 13.0. The van der Waals surface area contributed by atoms with E-state index in [1.807, 2.05) is 24.3 Å². The summed E-state index contributed by atoms with van der Waals surface area (Å²) in [6.07, 6.45) is 1.42. The molecule has 0 amide bonds. The van der Waals surface area contributed by atoms with Gasteiger partial charge in [-0.3, -0.25) is 0 Å². The van der Waals surface area contributed by atoms with Gasteiger partial charge in [-0.25, -0.2) is 9.48 Å². The molecule has 1 N–H and O–H groups in total. The van der Waals surface area contributed by atoms with E-state index in [0.717, 1.165) is 5.56 Å². The van der Waals surface area contributed by atoms with Gasteiger partial charge in [0.15, 0.2) is 11.5 Å². The highest BCUT2D eigenvalue weighted by Gasteiger charge is 2.38. The maximum Gasteiger partial charge on any atom is 0.338 e. The molecule has 0 bridgehead atoms. The second-order valence-electron chi connectivity index (χ2n) is 6.43. The first-order chi connectivity index (χ1) is 14.6. The van der Waals surface area contributed by atoms with Gasteiger partial charge in [-0.05, 0) is 23.8 Å². The van der Waals surface area contributed by atoms with E-state index in [4.69, 9.17) is 25.8 Å². The van der Waals surface area contributed by atoms with Crippen LogP contribution >= 0.6 is 11.6 Å². The summed E-state index contributed by atoms with van der Waals surface area (Å²) in [5.74, 6) is 0.989. The Morgan fingerprint density at radius 2 is 1.87 bits per heavy atom. The molecule has 4 rings (SSSR count). The zero-order valence-corrected chi connectivity index (χ0v) is 17.3. The Kier molecular flexibility index (Phi) is 5.33. The third-order valence-corrected chi connectivity index (χ3v) is 5.12. The predicted molar refractivity (Wildman–Crippen MR) is 112 cm³/mol. The zero-order valence-electron chi connectivity index (χ0n) is 16.5. The molecule has 2 aromatic carbocycles. The van der Waals surface area contributed by atoms with E-state index in [1.165, 1.54) is 13.4 Å². The summed E-state index contributed by atoms with van der Waals surface area (Å²) in [5, 5.41) is 8.12. The van der Waals surface area contributed by atoms with Crippen LogP contribution in [0.4, 0.5) is 5.95 Å². The molecule has 0 radical (unpaired) electrons. The third-order valence-electron chi connectivity index (χ3n) is 4.86. The van der Waals surface area contributed by atoms with Gasteiger partial charge in [-0.2, -0.15) is 10.1 Å². The van der Waals surface area contributed by atoms with Crippen LogP contribution in [-0.4, -0.2) is 42.1 Å². The lowest BCUT2D eigenvalue weighted by Gasteiger charge is -2.30. The van der Waals surface area contributed by atoms with Gasteiger partial charge in [0.1, 0.15) is 12.4 Å². The second kappa shape index (κ2) is 8.08. The highest BCUT2D eigenvalue weighted by molar-refractivity contribution is 6.30. The number of halogens is 1. The predicted octanol–water partition coefficient (Wildman–Crippen LogP) is 3.55. The van der Waals surface area contributed by atoms with Crippen molar-refractivity contribution in [2.45, 2.75) is 6.04 Å². The van der Waals surface area contributed by atoms with Gasteiger partial charge in [0, 0.05) is 10.6 Å². The van der Waals surface area contributed by atoms with Crippen LogP contribution in [-0.2, 0) is 9.53 Å². The number of nitrogens with one attached hydrogen (secondary N) is 1. The summed E-state index contributed by atoms with van der Waals surface area (Å²) in [4.78, 5) is 17.3. The first-order valence-corrected chi connectivity index (χ1v) is 9.42. The SMILES string of the molecule is COC(=O)C1=C(c2ccc(Cl)cc2)Nc2ncnn2[C@H]1c1cccc(OC)c1OC. The van der Waals surface area contributed by atoms with Crippen molar-refractivity contribution in [2.75, 3.05) is 26.6 Å². The fraction of sp³-hybridized carbons (Fsp3) is 0.190. The number of fused-ring (bicyclic) bond motifs is 1. The van der Waals surface area contributed by atoms with E-state index in [2.05, 4.69) is 15.4 Å². The fourth-order valence-electron chi connectivity index (χ4n) is 3.55. The van der Waals surface area contributed by atoms with E-state index in [0.29, 0.717) is 39.3 Å². The highest BCUT2D eigenvalue weighted by atomic mass is 35.5. The molecule has 2 heterocycles. The number of anilines is 1. The van der Waals surface area contributed by atoms with Gasteiger partial charge >= 0.3 is 5.97 Å². The first-order valence-electron chi connectivity index (χ1n) is 9.04. The molecule has 1 aliphatic rings. The number of hydrogen-bond donors (Lipinski definition) is 1. The van der Waals surface area contributed by atoms with Crippen LogP contribution in [0.15, 0.2) is 54.4 Å². The van der Waals surface area contributed by atoms with Crippen LogP contribution in [0.5, 0.6) is 11.5 Å². The van der Waals surface area contributed by atoms with E-state index in [9.17, 15) is 4.79 Å². The molecular formula is C21H19ClN4O4. The maximum absolute atomic E-state index is 13.0. The number of para-hydroxylation sites is 1. The van der Waals surface area contributed by atoms with Crippen molar-refractivity contribution in [3.05, 3.63) is 70.5 Å². The van der Waals surface area contributed by atoms with Crippen molar-refractivity contribution in [1.82, 2.24) is 14.8 Å². The molecule has 1 atom stereocenters. The number of nitrogens with zero attached hydrogens (tertiary/aromatic N) is 3. The number of hydrogen-bond acceptors (Lipinski definition) is 7. The van der Waals surface area contributed by atoms with Gasteiger partial charge < -0.3 is 19.5 Å². The third kappa shape index (κ3) is 3.25. The largest absolute Gasteiger partial charge is 0.493 e. The second-order valence-corrected chi connectivity index (χ2v) is 6.86. The number of benzene rings is 2. The van der Waals surface area contributed by atoms with Gasteiger partial charge in [-0.1, -0.05) is 35.9 Å². The minimum Gasteiger partial charge on any atom is -0.493 e. The summed E-state index contributed by atoms with van der Waals surface area (Å²) in [5.41, 5.74) is 2.33. The molecule has 0 spiro atoms. The van der Waals surface area contributed by atoms with Crippen molar-refractivity contribution >= 4 is 29.2 Å². The molecule has 0 saturated heterocycles. The summed E-state index contributed by atoms with van der Waals surface area (Å²) >= 11 is 6.05. The van der Waals surface area contributed by atoms with Crippen LogP contribution in [0.25, 0.3) is 5.70 Å². The molecule has 3 aromatic rings. The minimum atomic E-state index is -0.660. The first kappa shape index (κ1) is 19.8. The normalized spacial score (nSPS) is 15.3. The summed E-state index contributed by atoms with van der Waals surface area (Å²) in [6.45, 7) is 0. The van der Waals surface area contributed by atoms with E-state index in [1.54, 1.807) is 37.1 Å². The van der Waals surface area contributed by atoms with E-state index in [-0.39, 0.29) is 0 Å². The molecule has 0 aliphatic carbocycles. The Hall–Kier alpha value is -3.52. The number of carbonyl (C=O) groups excluding carboxylic acids is 1. The topological polar surface area (TPSA) is 87.5 Å². The summed E-state index contributed by atoms with van der Waals surface area (Å²) in [7, 11) is 4.44. The Morgan fingerprint density at radius 1 is 1.10 bits per heavy atom. The number of ether oxygens (including phenoxy) is 3. The van der Waals surface area contributed by atoms with E-state index >= 15 is 0 Å². The Labute approximate surface area is 178 Å². The lowest BCUT2D eigenvalue weighted by molar-refractivity contribution is -0.136. The van der Waals surface area contributed by atoms with Gasteiger partial charge in [0.2, 0.25) is 5.95 Å². The molecule has 1 aromatic heterocycles. The van der Waals surface area contributed by atoms with Crippen molar-refractivity contribution in [2.24, 2.45) is 0 Å². The van der Waals surface area contributed by atoms with Gasteiger partial charge in [-0.15, -0.1) is 0 Å². The Bertz CT molecular complexity index is 1120. The number of rotatable bonds is 5. The average Bonchev–Trinajstić information content (AvgIpc) is 3.25. The number of methoxy groups -OCH3 is 3. The number of carbonyl (C=O) groups is 1. The lowest BCUT2D eigenvalue weighted by Crippen LogP contribution is -2.29. The quantitative estimate of drug-likeness (QED) is 0.624. The zero-order chi connectivity index (χ0) is 21.3. The average molecular weight is 427 g/mol.